The molecule has 0 heterocycles. The number of hydrogen-bond acceptors (Lipinski definition) is 7. The predicted octanol–water partition coefficient (Wildman–Crippen LogP) is 14.1. The zero-order valence-electron chi connectivity index (χ0n) is 36.2. The molecule has 63 heavy (non-hydrogen) atoms. The van der Waals surface area contributed by atoms with Gasteiger partial charge >= 0.3 is 12.1 Å². The number of carbonyl (C=O) groups excluding carboxylic acids is 2. The quantitative estimate of drug-likeness (QED) is 0.0525. The lowest BCUT2D eigenvalue weighted by molar-refractivity contribution is -0.131. The van der Waals surface area contributed by atoms with E-state index in [1.165, 1.54) is 30.0 Å². The Morgan fingerprint density at radius 1 is 0.492 bits per heavy atom. The third-order valence-corrected chi connectivity index (χ3v) is 11.8. The fraction of sp³-hybridized carbons (Fsp3) is 0.179. The number of anilines is 3. The smallest absolute Gasteiger partial charge is 0.497 e. The maximum Gasteiger partial charge on any atom is 0.519 e. The number of aryl methyl sites for hydroxylation is 2. The summed E-state index contributed by atoms with van der Waals surface area (Å²) < 4.78 is 22.1. The Morgan fingerprint density at radius 3 is 1.32 bits per heavy atom. The first-order valence-corrected chi connectivity index (χ1v) is 21.5. The molecule has 7 aromatic rings. The molecule has 1 saturated carbocycles. The van der Waals surface area contributed by atoms with Crippen LogP contribution in [0.2, 0.25) is 0 Å². The number of benzene rings is 7. The fourth-order valence-corrected chi connectivity index (χ4v) is 8.49. The Balaban J connectivity index is 0.992. The van der Waals surface area contributed by atoms with Crippen molar-refractivity contribution in [3.63, 3.8) is 0 Å². The van der Waals surface area contributed by atoms with E-state index in [-0.39, 0.29) is 11.4 Å². The second kappa shape index (κ2) is 19.1. The summed E-state index contributed by atoms with van der Waals surface area (Å²) in [5.74, 6) is 1.72. The molecule has 1 aliphatic carbocycles. The SMILES string of the molecule is COc1ccc(/C(=C\c2ccc(N(c3ccc(C)cc3)c3ccc(C)cc3)cc2)c2ccc(OC(=O)Oc3ccc(C4(c5ccc(OC(C)=O)cc5)CCCCC4)cc3)cc2)cc1. The molecule has 0 unspecified atom stereocenters. The fourth-order valence-electron chi connectivity index (χ4n) is 8.49. The molecule has 0 bridgehead atoms. The molecule has 0 radical (unpaired) electrons. The monoisotopic (exact) mass is 833 g/mol. The van der Waals surface area contributed by atoms with Crippen molar-refractivity contribution in [1.82, 2.24) is 0 Å². The molecule has 8 rings (SSSR count). The van der Waals surface area contributed by atoms with E-state index in [1.54, 1.807) is 19.2 Å². The van der Waals surface area contributed by atoms with Gasteiger partial charge in [-0.2, -0.15) is 0 Å². The van der Waals surface area contributed by atoms with Gasteiger partial charge in [-0.25, -0.2) is 4.79 Å². The number of hydrogen-bond donors (Lipinski definition) is 0. The molecule has 1 fully saturated rings. The van der Waals surface area contributed by atoms with Crippen molar-refractivity contribution in [3.8, 4) is 23.0 Å². The molecular weight excluding hydrogens is 783 g/mol. The lowest BCUT2D eigenvalue weighted by atomic mass is 9.65. The van der Waals surface area contributed by atoms with Crippen LogP contribution >= 0.6 is 0 Å². The lowest BCUT2D eigenvalue weighted by Gasteiger charge is -2.38. The van der Waals surface area contributed by atoms with Gasteiger partial charge in [-0.15, -0.1) is 0 Å². The van der Waals surface area contributed by atoms with E-state index < -0.39 is 6.16 Å². The number of methoxy groups -OCH3 is 1. The molecule has 0 atom stereocenters. The molecule has 0 spiro atoms. The van der Waals surface area contributed by atoms with Crippen molar-refractivity contribution in [2.24, 2.45) is 0 Å². The lowest BCUT2D eigenvalue weighted by Crippen LogP contribution is -2.30. The number of nitrogens with zero attached hydrogens (tertiary/aromatic N) is 1. The minimum atomic E-state index is -0.819. The highest BCUT2D eigenvalue weighted by Crippen LogP contribution is 2.46. The highest BCUT2D eigenvalue weighted by molar-refractivity contribution is 5.92. The zero-order chi connectivity index (χ0) is 43.8. The predicted molar refractivity (Wildman–Crippen MR) is 252 cm³/mol. The van der Waals surface area contributed by atoms with E-state index in [0.717, 1.165) is 76.3 Å². The second-order valence-corrected chi connectivity index (χ2v) is 16.1. The van der Waals surface area contributed by atoms with Crippen LogP contribution < -0.4 is 23.8 Å². The summed E-state index contributed by atoms with van der Waals surface area (Å²) >= 11 is 0. The van der Waals surface area contributed by atoms with E-state index in [4.69, 9.17) is 18.9 Å². The van der Waals surface area contributed by atoms with Crippen LogP contribution in [0.1, 0.15) is 78.0 Å². The average molecular weight is 834 g/mol. The minimum absolute atomic E-state index is 0.180. The topological polar surface area (TPSA) is 74.3 Å². The molecule has 7 aromatic carbocycles. The first-order valence-electron chi connectivity index (χ1n) is 21.5. The number of carbonyl (C=O) groups is 2. The molecule has 0 aliphatic heterocycles. The zero-order valence-corrected chi connectivity index (χ0v) is 36.2. The maximum atomic E-state index is 13.1. The van der Waals surface area contributed by atoms with Crippen molar-refractivity contribution in [3.05, 3.63) is 209 Å². The maximum absolute atomic E-state index is 13.1. The van der Waals surface area contributed by atoms with Crippen LogP contribution in [0.3, 0.4) is 0 Å². The summed E-state index contributed by atoms with van der Waals surface area (Å²) in [5.41, 5.74) is 11.8. The molecule has 7 nitrogen and oxygen atoms in total. The summed E-state index contributed by atoms with van der Waals surface area (Å²) in [6, 6.07) is 56.7. The molecule has 316 valence electrons. The number of ether oxygens (including phenoxy) is 4. The molecule has 0 saturated heterocycles. The van der Waals surface area contributed by atoms with Gasteiger partial charge in [0, 0.05) is 29.4 Å². The van der Waals surface area contributed by atoms with E-state index in [1.807, 2.05) is 72.8 Å². The van der Waals surface area contributed by atoms with Gasteiger partial charge in [0.05, 0.1) is 7.11 Å². The first kappa shape index (κ1) is 42.3. The third kappa shape index (κ3) is 10.1. The van der Waals surface area contributed by atoms with Crippen LogP contribution in [0.25, 0.3) is 11.6 Å². The number of rotatable bonds is 12. The van der Waals surface area contributed by atoms with Crippen molar-refractivity contribution in [2.75, 3.05) is 12.0 Å². The molecule has 1 aliphatic rings. The van der Waals surface area contributed by atoms with Crippen LogP contribution in [-0.2, 0) is 10.2 Å². The summed E-state index contributed by atoms with van der Waals surface area (Å²) in [4.78, 5) is 26.8. The van der Waals surface area contributed by atoms with Gasteiger partial charge in [0.25, 0.3) is 0 Å². The van der Waals surface area contributed by atoms with Crippen LogP contribution in [0.4, 0.5) is 21.9 Å². The van der Waals surface area contributed by atoms with Crippen molar-refractivity contribution >= 4 is 40.8 Å². The summed E-state index contributed by atoms with van der Waals surface area (Å²) in [6.07, 6.45) is 6.77. The largest absolute Gasteiger partial charge is 0.519 e. The van der Waals surface area contributed by atoms with E-state index in [0.29, 0.717) is 17.2 Å². The van der Waals surface area contributed by atoms with Crippen LogP contribution in [0, 0.1) is 13.8 Å². The van der Waals surface area contributed by atoms with Crippen LogP contribution in [-0.4, -0.2) is 19.2 Å². The summed E-state index contributed by atoms with van der Waals surface area (Å²) in [5, 5.41) is 0. The molecular formula is C56H51NO6. The normalized spacial score (nSPS) is 13.4. The van der Waals surface area contributed by atoms with Gasteiger partial charge in [-0.3, -0.25) is 4.79 Å². The Morgan fingerprint density at radius 2 is 0.889 bits per heavy atom. The van der Waals surface area contributed by atoms with Gasteiger partial charge < -0.3 is 23.8 Å². The van der Waals surface area contributed by atoms with Gasteiger partial charge in [-0.1, -0.05) is 115 Å². The highest BCUT2D eigenvalue weighted by Gasteiger charge is 2.36. The van der Waals surface area contributed by atoms with Crippen LogP contribution in [0.5, 0.6) is 23.0 Å². The van der Waals surface area contributed by atoms with Crippen molar-refractivity contribution < 1.29 is 28.5 Å². The van der Waals surface area contributed by atoms with E-state index in [2.05, 4.69) is 110 Å². The van der Waals surface area contributed by atoms with Crippen LogP contribution in [0.15, 0.2) is 170 Å². The minimum Gasteiger partial charge on any atom is -0.497 e. The average Bonchev–Trinajstić information content (AvgIpc) is 3.31. The number of esters is 1. The molecule has 0 amide bonds. The van der Waals surface area contributed by atoms with Crippen molar-refractivity contribution in [1.29, 1.82) is 0 Å². The van der Waals surface area contributed by atoms with Gasteiger partial charge in [0.1, 0.15) is 23.0 Å². The van der Waals surface area contributed by atoms with Gasteiger partial charge in [0.2, 0.25) is 0 Å². The second-order valence-electron chi connectivity index (χ2n) is 16.1. The Labute approximate surface area is 370 Å². The molecule has 7 heteroatoms. The molecule has 0 aromatic heterocycles. The standard InChI is InChI=1S/C56H51NO6/c1-39-8-22-47(23-9-39)57(48-24-10-40(2)11-25-48)49-26-12-42(13-27-49)38-54(43-14-28-50(60-4)29-15-43)44-16-30-52(31-17-44)62-55(59)63-53-34-20-46(21-35-53)56(36-6-5-7-37-56)45-18-32-51(33-19-45)61-41(3)58/h8-35,38H,5-7,36-37H2,1-4H3/b54-38+. The highest BCUT2D eigenvalue weighted by atomic mass is 16.7. The van der Waals surface area contributed by atoms with E-state index >= 15 is 0 Å². The Bertz CT molecular complexity index is 2620. The summed E-state index contributed by atoms with van der Waals surface area (Å²) in [6.45, 7) is 5.60. The van der Waals surface area contributed by atoms with Gasteiger partial charge in [-0.05, 0) is 151 Å². The Kier molecular flexibility index (Phi) is 12.8. The Hall–Kier alpha value is -7.38. The third-order valence-electron chi connectivity index (χ3n) is 11.8. The van der Waals surface area contributed by atoms with Gasteiger partial charge in [0.15, 0.2) is 0 Å². The molecule has 0 N–H and O–H groups in total. The van der Waals surface area contributed by atoms with E-state index in [9.17, 15) is 9.59 Å². The summed E-state index contributed by atoms with van der Waals surface area (Å²) in [7, 11) is 1.66. The first-order chi connectivity index (χ1) is 30.7. The van der Waals surface area contributed by atoms with Crippen molar-refractivity contribution in [2.45, 2.75) is 58.3 Å².